The number of ether oxygens (including phenoxy) is 3. The van der Waals surface area contributed by atoms with Crippen molar-refractivity contribution < 1.29 is 19.0 Å². The van der Waals surface area contributed by atoms with Gasteiger partial charge in [0.15, 0.2) is 11.5 Å². The largest absolute Gasteiger partial charge is 0.460 e. The summed E-state index contributed by atoms with van der Waals surface area (Å²) < 4.78 is 16.1. The SMILES string of the molecule is CCOC(=O)[C@H]1Oc2ccc([C@H](c3ccccc3)C(C)C)cc2O1. The number of esters is 1. The van der Waals surface area contributed by atoms with Crippen LogP contribution in [0.3, 0.4) is 0 Å². The normalized spacial score (nSPS) is 16.9. The Labute approximate surface area is 142 Å². The van der Waals surface area contributed by atoms with Gasteiger partial charge in [-0.25, -0.2) is 4.79 Å². The second kappa shape index (κ2) is 6.95. The van der Waals surface area contributed by atoms with Crippen molar-refractivity contribution in [2.75, 3.05) is 6.61 Å². The van der Waals surface area contributed by atoms with Crippen molar-refractivity contribution >= 4 is 5.97 Å². The van der Waals surface area contributed by atoms with Crippen molar-refractivity contribution in [1.29, 1.82) is 0 Å². The van der Waals surface area contributed by atoms with Crippen molar-refractivity contribution in [2.24, 2.45) is 5.92 Å². The first-order valence-electron chi connectivity index (χ1n) is 8.29. The molecule has 3 rings (SSSR count). The highest BCUT2D eigenvalue weighted by Crippen LogP contribution is 2.40. The van der Waals surface area contributed by atoms with E-state index in [1.165, 1.54) is 5.56 Å². The average Bonchev–Trinajstić information content (AvgIpc) is 2.99. The lowest BCUT2D eigenvalue weighted by molar-refractivity contribution is -0.161. The molecular weight excluding hydrogens is 304 g/mol. The summed E-state index contributed by atoms with van der Waals surface area (Å²) in [5.74, 6) is 1.34. The molecule has 0 fully saturated rings. The summed E-state index contributed by atoms with van der Waals surface area (Å²) in [6.07, 6.45) is -1.01. The van der Waals surface area contributed by atoms with Gasteiger partial charge in [0, 0.05) is 5.92 Å². The maximum atomic E-state index is 11.8. The van der Waals surface area contributed by atoms with E-state index in [1.807, 2.05) is 24.3 Å². The highest BCUT2D eigenvalue weighted by Gasteiger charge is 2.33. The Balaban J connectivity index is 1.87. The van der Waals surface area contributed by atoms with Crippen molar-refractivity contribution in [2.45, 2.75) is 33.0 Å². The van der Waals surface area contributed by atoms with Crippen LogP contribution in [0.4, 0.5) is 0 Å². The maximum absolute atomic E-state index is 11.8. The first kappa shape index (κ1) is 16.4. The van der Waals surface area contributed by atoms with Crippen LogP contribution in [0.1, 0.15) is 37.8 Å². The van der Waals surface area contributed by atoms with Crippen LogP contribution in [0.2, 0.25) is 0 Å². The highest BCUT2D eigenvalue weighted by atomic mass is 16.7. The van der Waals surface area contributed by atoms with Crippen molar-refractivity contribution in [3.63, 3.8) is 0 Å². The number of hydrogen-bond acceptors (Lipinski definition) is 4. The zero-order chi connectivity index (χ0) is 17.1. The zero-order valence-electron chi connectivity index (χ0n) is 14.2. The van der Waals surface area contributed by atoms with Gasteiger partial charge >= 0.3 is 12.3 Å². The van der Waals surface area contributed by atoms with Gasteiger partial charge in [0.1, 0.15) is 0 Å². The second-order valence-corrected chi connectivity index (χ2v) is 6.16. The monoisotopic (exact) mass is 326 g/mol. The van der Waals surface area contributed by atoms with E-state index in [4.69, 9.17) is 14.2 Å². The molecule has 1 aliphatic heterocycles. The quantitative estimate of drug-likeness (QED) is 0.775. The topological polar surface area (TPSA) is 44.8 Å². The Bertz CT molecular complexity index is 709. The molecule has 2 aromatic carbocycles. The van der Waals surface area contributed by atoms with E-state index in [-0.39, 0.29) is 5.92 Å². The second-order valence-electron chi connectivity index (χ2n) is 6.16. The first-order chi connectivity index (χ1) is 11.6. The molecule has 0 saturated carbocycles. The minimum absolute atomic E-state index is 0.252. The lowest BCUT2D eigenvalue weighted by Gasteiger charge is -2.22. The molecule has 2 aromatic rings. The maximum Gasteiger partial charge on any atom is 0.389 e. The number of fused-ring (bicyclic) bond motifs is 1. The van der Waals surface area contributed by atoms with Gasteiger partial charge in [-0.3, -0.25) is 0 Å². The van der Waals surface area contributed by atoms with E-state index in [9.17, 15) is 4.79 Å². The Morgan fingerprint density at radius 2 is 1.75 bits per heavy atom. The molecule has 1 aliphatic rings. The third-order valence-corrected chi connectivity index (χ3v) is 4.10. The number of hydrogen-bond donors (Lipinski definition) is 0. The summed E-state index contributed by atoms with van der Waals surface area (Å²) >= 11 is 0. The fourth-order valence-corrected chi connectivity index (χ4v) is 3.09. The summed E-state index contributed by atoms with van der Waals surface area (Å²) in [4.78, 5) is 11.8. The molecule has 0 bridgehead atoms. The van der Waals surface area contributed by atoms with Gasteiger partial charge in [-0.15, -0.1) is 0 Å². The summed E-state index contributed by atoms with van der Waals surface area (Å²) in [7, 11) is 0. The fraction of sp³-hybridized carbons (Fsp3) is 0.350. The summed E-state index contributed by atoms with van der Waals surface area (Å²) in [6, 6.07) is 16.3. The smallest absolute Gasteiger partial charge is 0.389 e. The molecule has 126 valence electrons. The van der Waals surface area contributed by atoms with E-state index in [0.717, 1.165) is 5.56 Å². The predicted octanol–water partition coefficient (Wildman–Crippen LogP) is 4.13. The molecule has 2 atom stereocenters. The molecular formula is C20H22O4. The van der Waals surface area contributed by atoms with Crippen LogP contribution in [0.15, 0.2) is 48.5 Å². The minimum Gasteiger partial charge on any atom is -0.460 e. The van der Waals surface area contributed by atoms with Crippen LogP contribution < -0.4 is 9.47 Å². The van der Waals surface area contributed by atoms with E-state index in [1.54, 1.807) is 6.92 Å². The van der Waals surface area contributed by atoms with Gasteiger partial charge in [-0.05, 0) is 36.1 Å². The average molecular weight is 326 g/mol. The molecule has 0 unspecified atom stereocenters. The number of benzene rings is 2. The molecule has 0 aromatic heterocycles. The van der Waals surface area contributed by atoms with Crippen LogP contribution >= 0.6 is 0 Å². The fourth-order valence-electron chi connectivity index (χ4n) is 3.09. The molecule has 0 N–H and O–H groups in total. The van der Waals surface area contributed by atoms with E-state index >= 15 is 0 Å². The Morgan fingerprint density at radius 3 is 2.42 bits per heavy atom. The Morgan fingerprint density at radius 1 is 1.04 bits per heavy atom. The van der Waals surface area contributed by atoms with Crippen LogP contribution in [-0.2, 0) is 9.53 Å². The van der Waals surface area contributed by atoms with Crippen molar-refractivity contribution in [3.8, 4) is 11.5 Å². The molecule has 0 amide bonds. The van der Waals surface area contributed by atoms with E-state index in [0.29, 0.717) is 24.0 Å². The summed E-state index contributed by atoms with van der Waals surface area (Å²) in [5.41, 5.74) is 2.40. The lowest BCUT2D eigenvalue weighted by atomic mass is 9.82. The number of rotatable bonds is 5. The van der Waals surface area contributed by atoms with Gasteiger partial charge in [0.2, 0.25) is 0 Å². The Hall–Kier alpha value is -2.49. The lowest BCUT2D eigenvalue weighted by Crippen LogP contribution is -2.30. The van der Waals surface area contributed by atoms with Gasteiger partial charge in [0.25, 0.3) is 0 Å². The standard InChI is InChI=1S/C20H22O4/c1-4-22-19(21)20-23-16-11-10-15(12-17(16)24-20)18(13(2)3)14-8-6-5-7-9-14/h5-13,18,20H,4H2,1-3H3/t18-,20-/m0/s1. The van der Waals surface area contributed by atoms with Crippen molar-refractivity contribution in [3.05, 3.63) is 59.7 Å². The van der Waals surface area contributed by atoms with Crippen LogP contribution in [0.25, 0.3) is 0 Å². The van der Waals surface area contributed by atoms with Crippen molar-refractivity contribution in [1.82, 2.24) is 0 Å². The summed E-state index contributed by atoms with van der Waals surface area (Å²) in [6.45, 7) is 6.45. The third kappa shape index (κ3) is 3.23. The Kier molecular flexibility index (Phi) is 4.74. The molecule has 1 heterocycles. The molecule has 0 spiro atoms. The van der Waals surface area contributed by atoms with Gasteiger partial charge in [-0.1, -0.05) is 50.2 Å². The first-order valence-corrected chi connectivity index (χ1v) is 8.29. The molecule has 0 radical (unpaired) electrons. The third-order valence-electron chi connectivity index (χ3n) is 4.10. The minimum atomic E-state index is -1.01. The molecule has 4 heteroatoms. The highest BCUT2D eigenvalue weighted by molar-refractivity contribution is 5.75. The van der Waals surface area contributed by atoms with Gasteiger partial charge < -0.3 is 14.2 Å². The van der Waals surface area contributed by atoms with E-state index < -0.39 is 12.3 Å². The molecule has 0 saturated heterocycles. The van der Waals surface area contributed by atoms with Gasteiger partial charge in [-0.2, -0.15) is 0 Å². The van der Waals surface area contributed by atoms with Crippen LogP contribution in [-0.4, -0.2) is 18.9 Å². The van der Waals surface area contributed by atoms with Crippen LogP contribution in [0.5, 0.6) is 11.5 Å². The molecule has 0 aliphatic carbocycles. The van der Waals surface area contributed by atoms with E-state index in [2.05, 4.69) is 38.1 Å². The number of carbonyl (C=O) groups excluding carboxylic acids is 1. The van der Waals surface area contributed by atoms with Gasteiger partial charge in [0.05, 0.1) is 6.61 Å². The number of carbonyl (C=O) groups is 1. The summed E-state index contributed by atoms with van der Waals surface area (Å²) in [5, 5.41) is 0. The zero-order valence-corrected chi connectivity index (χ0v) is 14.2. The molecule has 4 nitrogen and oxygen atoms in total. The predicted molar refractivity (Wildman–Crippen MR) is 91.2 cm³/mol. The molecule has 24 heavy (non-hydrogen) atoms. The van der Waals surface area contributed by atoms with Crippen LogP contribution in [0, 0.1) is 5.92 Å².